The van der Waals surface area contributed by atoms with Crippen LogP contribution in [-0.2, 0) is 16.4 Å². The Morgan fingerprint density at radius 1 is 1.30 bits per heavy atom. The highest BCUT2D eigenvalue weighted by atomic mass is 35.5. The Bertz CT molecular complexity index is 496. The van der Waals surface area contributed by atoms with Gasteiger partial charge in [-0.3, -0.25) is 0 Å². The fraction of sp³-hybridized carbons (Fsp3) is 0.571. The molecular weight excluding hydrogens is 296 g/mol. The highest BCUT2D eigenvalue weighted by Gasteiger charge is 2.17. The lowest BCUT2D eigenvalue weighted by atomic mass is 10.1. The number of benzene rings is 1. The molecule has 2 N–H and O–H groups in total. The molecule has 1 aromatic carbocycles. The molecule has 0 radical (unpaired) electrons. The van der Waals surface area contributed by atoms with Gasteiger partial charge in [-0.1, -0.05) is 19.1 Å². The number of nitrogens with one attached hydrogen (secondary N) is 2. The Hall–Kier alpha value is -0.620. The molecular formula is C14H23ClN2O2S. The van der Waals surface area contributed by atoms with Gasteiger partial charge in [0.25, 0.3) is 0 Å². The Kier molecular flexibility index (Phi) is 6.95. The molecule has 0 spiro atoms. The van der Waals surface area contributed by atoms with Crippen LogP contribution in [0, 0.1) is 5.92 Å². The second-order valence-electron chi connectivity index (χ2n) is 5.04. The van der Waals surface area contributed by atoms with E-state index in [0.717, 1.165) is 37.9 Å². The molecule has 0 amide bonds. The van der Waals surface area contributed by atoms with Crippen LogP contribution in [0.1, 0.15) is 25.3 Å². The van der Waals surface area contributed by atoms with E-state index in [1.165, 1.54) is 0 Å². The van der Waals surface area contributed by atoms with Crippen molar-refractivity contribution in [2.24, 2.45) is 5.92 Å². The second kappa shape index (κ2) is 7.98. The summed E-state index contributed by atoms with van der Waals surface area (Å²) in [6.07, 6.45) is 2.97. The molecule has 1 aliphatic heterocycles. The van der Waals surface area contributed by atoms with Crippen molar-refractivity contribution in [3.63, 3.8) is 0 Å². The van der Waals surface area contributed by atoms with Gasteiger partial charge in [-0.15, -0.1) is 12.4 Å². The molecule has 1 aromatic rings. The first-order valence-corrected chi connectivity index (χ1v) is 8.39. The van der Waals surface area contributed by atoms with Crippen LogP contribution in [0.3, 0.4) is 0 Å². The molecule has 1 unspecified atom stereocenters. The monoisotopic (exact) mass is 318 g/mol. The van der Waals surface area contributed by atoms with E-state index >= 15 is 0 Å². The molecule has 20 heavy (non-hydrogen) atoms. The predicted octanol–water partition coefficient (Wildman–Crippen LogP) is 1.95. The predicted molar refractivity (Wildman–Crippen MR) is 83.9 cm³/mol. The number of rotatable bonds is 6. The summed E-state index contributed by atoms with van der Waals surface area (Å²) in [5, 5.41) is 3.29. The second-order valence-corrected chi connectivity index (χ2v) is 6.81. The van der Waals surface area contributed by atoms with Crippen molar-refractivity contribution >= 4 is 22.4 Å². The Morgan fingerprint density at radius 2 is 2.00 bits per heavy atom. The van der Waals surface area contributed by atoms with E-state index in [-0.39, 0.29) is 12.4 Å². The highest BCUT2D eigenvalue weighted by Crippen LogP contribution is 2.13. The minimum atomic E-state index is -3.35. The summed E-state index contributed by atoms with van der Waals surface area (Å²) in [6, 6.07) is 7.10. The summed E-state index contributed by atoms with van der Waals surface area (Å²) >= 11 is 0. The minimum Gasteiger partial charge on any atom is -0.316 e. The van der Waals surface area contributed by atoms with Crippen molar-refractivity contribution in [1.82, 2.24) is 10.0 Å². The van der Waals surface area contributed by atoms with Gasteiger partial charge in [-0.25, -0.2) is 13.1 Å². The lowest BCUT2D eigenvalue weighted by Crippen LogP contribution is -2.26. The van der Waals surface area contributed by atoms with Crippen LogP contribution >= 0.6 is 12.4 Å². The van der Waals surface area contributed by atoms with Crippen LogP contribution in [0.15, 0.2) is 29.2 Å². The molecule has 1 saturated heterocycles. The Balaban J connectivity index is 0.00000200. The standard InChI is InChI=1S/C14H22N2O2S.ClH/c1-2-12-3-5-14(6-4-12)19(17,18)16-10-8-13-7-9-15-11-13;/h3-6,13,15-16H,2,7-11H2,1H3;1H. The van der Waals surface area contributed by atoms with Crippen molar-refractivity contribution in [3.8, 4) is 0 Å². The van der Waals surface area contributed by atoms with Gasteiger partial charge in [0.1, 0.15) is 0 Å². The van der Waals surface area contributed by atoms with E-state index in [9.17, 15) is 8.42 Å². The van der Waals surface area contributed by atoms with E-state index in [1.807, 2.05) is 12.1 Å². The largest absolute Gasteiger partial charge is 0.316 e. The van der Waals surface area contributed by atoms with Gasteiger partial charge in [-0.2, -0.15) is 0 Å². The molecule has 0 saturated carbocycles. The molecule has 6 heteroatoms. The van der Waals surface area contributed by atoms with Gasteiger partial charge in [-0.05, 0) is 56.0 Å². The third kappa shape index (κ3) is 4.74. The summed E-state index contributed by atoms with van der Waals surface area (Å²) in [6.45, 7) is 4.63. The topological polar surface area (TPSA) is 58.2 Å². The van der Waals surface area contributed by atoms with Crippen molar-refractivity contribution in [3.05, 3.63) is 29.8 Å². The third-order valence-electron chi connectivity index (χ3n) is 3.65. The maximum Gasteiger partial charge on any atom is 0.240 e. The molecule has 0 bridgehead atoms. The SMILES string of the molecule is CCc1ccc(S(=O)(=O)NCCC2CCNC2)cc1.Cl. The number of hydrogen-bond donors (Lipinski definition) is 2. The summed E-state index contributed by atoms with van der Waals surface area (Å²) in [7, 11) is -3.35. The summed E-state index contributed by atoms with van der Waals surface area (Å²) in [5.41, 5.74) is 1.15. The quantitative estimate of drug-likeness (QED) is 0.843. The van der Waals surface area contributed by atoms with Crippen LogP contribution in [0.25, 0.3) is 0 Å². The molecule has 0 aliphatic carbocycles. The Labute approximate surface area is 127 Å². The zero-order valence-electron chi connectivity index (χ0n) is 11.8. The van der Waals surface area contributed by atoms with Crippen LogP contribution < -0.4 is 10.0 Å². The number of halogens is 1. The van der Waals surface area contributed by atoms with Crippen LogP contribution in [0.4, 0.5) is 0 Å². The molecule has 1 heterocycles. The molecule has 1 fully saturated rings. The maximum atomic E-state index is 12.1. The van der Waals surface area contributed by atoms with Crippen LogP contribution in [0.5, 0.6) is 0 Å². The first kappa shape index (κ1) is 17.4. The van der Waals surface area contributed by atoms with E-state index in [1.54, 1.807) is 12.1 Å². The normalized spacial score (nSPS) is 18.8. The third-order valence-corrected chi connectivity index (χ3v) is 5.13. The van der Waals surface area contributed by atoms with Gasteiger partial charge >= 0.3 is 0 Å². The summed E-state index contributed by atoms with van der Waals surface area (Å²) in [5.74, 6) is 0.602. The average Bonchev–Trinajstić information content (AvgIpc) is 2.92. The van der Waals surface area contributed by atoms with E-state index < -0.39 is 10.0 Å². The van der Waals surface area contributed by atoms with E-state index in [4.69, 9.17) is 0 Å². The number of aryl methyl sites for hydroxylation is 1. The number of hydrogen-bond acceptors (Lipinski definition) is 3. The smallest absolute Gasteiger partial charge is 0.240 e. The number of sulfonamides is 1. The molecule has 1 atom stereocenters. The maximum absolute atomic E-state index is 12.1. The summed E-state index contributed by atoms with van der Waals surface area (Å²) < 4.78 is 26.8. The minimum absolute atomic E-state index is 0. The van der Waals surface area contributed by atoms with Gasteiger partial charge in [0, 0.05) is 6.54 Å². The lowest BCUT2D eigenvalue weighted by molar-refractivity contribution is 0.519. The van der Waals surface area contributed by atoms with Gasteiger partial charge in [0.15, 0.2) is 0 Å². The van der Waals surface area contributed by atoms with Crippen molar-refractivity contribution in [2.75, 3.05) is 19.6 Å². The first-order valence-electron chi connectivity index (χ1n) is 6.91. The van der Waals surface area contributed by atoms with Crippen LogP contribution in [0.2, 0.25) is 0 Å². The van der Waals surface area contributed by atoms with Crippen LogP contribution in [-0.4, -0.2) is 28.1 Å². The fourth-order valence-corrected chi connectivity index (χ4v) is 3.39. The van der Waals surface area contributed by atoms with Gasteiger partial charge < -0.3 is 5.32 Å². The van der Waals surface area contributed by atoms with Gasteiger partial charge in [0.2, 0.25) is 10.0 Å². The fourth-order valence-electron chi connectivity index (χ4n) is 2.35. The van der Waals surface area contributed by atoms with Crippen molar-refractivity contribution in [2.45, 2.75) is 31.1 Å². The summed E-state index contributed by atoms with van der Waals surface area (Å²) in [4.78, 5) is 0.356. The zero-order valence-corrected chi connectivity index (χ0v) is 13.4. The van der Waals surface area contributed by atoms with Crippen molar-refractivity contribution < 1.29 is 8.42 Å². The average molecular weight is 319 g/mol. The zero-order chi connectivity index (χ0) is 13.7. The lowest BCUT2D eigenvalue weighted by Gasteiger charge is -2.10. The molecule has 4 nitrogen and oxygen atoms in total. The van der Waals surface area contributed by atoms with E-state index in [0.29, 0.717) is 17.4 Å². The van der Waals surface area contributed by atoms with Gasteiger partial charge in [0.05, 0.1) is 4.90 Å². The molecule has 1 aliphatic rings. The molecule has 2 rings (SSSR count). The molecule has 0 aromatic heterocycles. The highest BCUT2D eigenvalue weighted by molar-refractivity contribution is 7.89. The first-order chi connectivity index (χ1) is 9.12. The molecule has 114 valence electrons. The van der Waals surface area contributed by atoms with Crippen molar-refractivity contribution in [1.29, 1.82) is 0 Å². The Morgan fingerprint density at radius 3 is 2.55 bits per heavy atom. The van der Waals surface area contributed by atoms with E-state index in [2.05, 4.69) is 17.0 Å².